The van der Waals surface area contributed by atoms with Crippen molar-refractivity contribution >= 4 is 23.9 Å². The molecule has 16 heteroatoms. The number of phenols is 1. The van der Waals surface area contributed by atoms with E-state index in [2.05, 4.69) is 54.1 Å². The third kappa shape index (κ3) is 13.3. The fourth-order valence-corrected chi connectivity index (χ4v) is 9.93. The fourth-order valence-electron chi connectivity index (χ4n) is 9.36. The molecule has 1 aliphatic carbocycles. The predicted octanol–water partition coefficient (Wildman–Crippen LogP) is 11.2. The van der Waals surface area contributed by atoms with Crippen LogP contribution in [0.5, 0.6) is 23.0 Å². The summed E-state index contributed by atoms with van der Waals surface area (Å²) in [6, 6.07) is 6.81. The number of hydrogen-bond acceptors (Lipinski definition) is 15. The second-order valence-corrected chi connectivity index (χ2v) is 18.3. The van der Waals surface area contributed by atoms with Gasteiger partial charge in [0.15, 0.2) is 34.5 Å². The zero-order valence-corrected chi connectivity index (χ0v) is 46.4. The molecule has 0 spiro atoms. The molecule has 2 bridgehead atoms. The van der Waals surface area contributed by atoms with Gasteiger partial charge in [0.05, 0.1) is 33.4 Å². The number of rotatable bonds is 9. The quantitative estimate of drug-likeness (QED) is 0.122. The molecule has 2 aromatic carbocycles. The Balaban J connectivity index is 0.000000463. The number of nitriles is 1. The van der Waals surface area contributed by atoms with Gasteiger partial charge in [0.1, 0.15) is 23.4 Å². The highest BCUT2D eigenvalue weighted by molar-refractivity contribution is 7.99. The van der Waals surface area contributed by atoms with E-state index in [-0.39, 0.29) is 59.5 Å². The summed E-state index contributed by atoms with van der Waals surface area (Å²) < 4.78 is 38.5. The van der Waals surface area contributed by atoms with Gasteiger partial charge in [-0.3, -0.25) is 14.6 Å². The Morgan fingerprint density at radius 3 is 2.14 bits per heavy atom. The van der Waals surface area contributed by atoms with Gasteiger partial charge in [-0.15, -0.1) is 0 Å². The summed E-state index contributed by atoms with van der Waals surface area (Å²) in [5, 5.41) is 34.6. The van der Waals surface area contributed by atoms with Crippen LogP contribution < -0.4 is 19.5 Å². The summed E-state index contributed by atoms with van der Waals surface area (Å²) in [6.07, 6.45) is 4.40. The molecule has 1 saturated carbocycles. The normalized spacial score (nSPS) is 23.9. The number of aryl methyl sites for hydroxylation is 1. The lowest BCUT2D eigenvalue weighted by molar-refractivity contribution is -0.139. The minimum Gasteiger partial charge on any atom is -0.504 e. The van der Waals surface area contributed by atoms with Crippen LogP contribution in [-0.2, 0) is 36.6 Å². The number of nitrogens with one attached hydrogen (secondary N) is 1. The number of thioether (sulfide) groups is 1. The van der Waals surface area contributed by atoms with E-state index in [9.17, 15) is 25.1 Å². The highest BCUT2D eigenvalue weighted by Gasteiger charge is 2.56. The van der Waals surface area contributed by atoms with Gasteiger partial charge in [0.25, 0.3) is 0 Å². The summed E-state index contributed by atoms with van der Waals surface area (Å²) in [5.74, 6) is 2.23. The van der Waals surface area contributed by atoms with Gasteiger partial charge in [0.2, 0.25) is 6.79 Å². The van der Waals surface area contributed by atoms with Gasteiger partial charge in [0, 0.05) is 41.1 Å². The first-order chi connectivity index (χ1) is 33.4. The number of likely N-dealkylation sites (N-methyl/N-ethyl adjacent to an activating group) is 1. The van der Waals surface area contributed by atoms with Gasteiger partial charge in [-0.25, -0.2) is 4.79 Å². The lowest BCUT2D eigenvalue weighted by Gasteiger charge is -2.60. The first kappa shape index (κ1) is 61.0. The molecule has 2 saturated heterocycles. The molecular formula is C54H84N4O11S. The minimum absolute atomic E-state index is 0.0115. The van der Waals surface area contributed by atoms with Crippen LogP contribution >= 0.6 is 11.8 Å². The van der Waals surface area contributed by atoms with Crippen molar-refractivity contribution < 1.29 is 53.0 Å². The summed E-state index contributed by atoms with van der Waals surface area (Å²) in [6.45, 7) is 32.0. The van der Waals surface area contributed by atoms with E-state index >= 15 is 0 Å². The molecule has 4 aliphatic heterocycles. The SMILES string of the molecule is C=C(OC)/C(C)=C1/OCO/C1=C1/CCC1N1C(C(C)SC)C2c3c(cc(C)c(OC)c3O)CC([C@@H]1C#N)N2C.CC.CC.CC.CC.COc1cc2c(cc1OC(=O)OC(C)(C)C)CCNC2C(=O)O. The second-order valence-electron chi connectivity index (χ2n) is 17.1. The lowest BCUT2D eigenvalue weighted by Crippen LogP contribution is -2.71. The highest BCUT2D eigenvalue weighted by Crippen LogP contribution is 2.54. The fraction of sp³-hybridized carbons (Fsp3) is 0.611. The van der Waals surface area contributed by atoms with E-state index in [1.165, 1.54) is 7.11 Å². The molecule has 4 heterocycles. The number of phenolic OH excluding ortho intramolecular Hbond substituents is 1. The molecule has 3 fully saturated rings. The van der Waals surface area contributed by atoms with Gasteiger partial charge in [-0.2, -0.15) is 17.0 Å². The number of carboxylic acid groups (broad SMARTS) is 1. The van der Waals surface area contributed by atoms with Crippen LogP contribution in [-0.4, -0.2) is 115 Å². The number of nitrogens with zero attached hydrogens (tertiary/aromatic N) is 3. The largest absolute Gasteiger partial charge is 0.514 e. The number of piperazine rings is 1. The molecule has 392 valence electrons. The maximum atomic E-state index is 11.8. The summed E-state index contributed by atoms with van der Waals surface area (Å²) in [5.41, 5.74) is 5.64. The van der Waals surface area contributed by atoms with E-state index in [4.69, 9.17) is 33.2 Å². The molecule has 0 amide bonds. The van der Waals surface area contributed by atoms with Gasteiger partial charge in [-0.1, -0.05) is 75.0 Å². The van der Waals surface area contributed by atoms with Crippen LogP contribution in [0.15, 0.2) is 53.2 Å². The van der Waals surface area contributed by atoms with Crippen LogP contribution in [0.3, 0.4) is 0 Å². The number of aliphatic carboxylic acids is 1. The molecule has 0 aromatic heterocycles. The number of fused-ring (bicyclic) bond motifs is 5. The third-order valence-electron chi connectivity index (χ3n) is 12.5. The third-order valence-corrected chi connectivity index (χ3v) is 13.5. The van der Waals surface area contributed by atoms with Crippen LogP contribution in [0.4, 0.5) is 4.79 Å². The number of aromatic hydroxyl groups is 1. The Morgan fingerprint density at radius 2 is 1.63 bits per heavy atom. The monoisotopic (exact) mass is 997 g/mol. The minimum atomic E-state index is -0.964. The Morgan fingerprint density at radius 1 is 0.986 bits per heavy atom. The molecule has 7 atom stereocenters. The van der Waals surface area contributed by atoms with E-state index in [0.717, 1.165) is 52.0 Å². The number of allylic oxidation sites excluding steroid dienone is 1. The van der Waals surface area contributed by atoms with Crippen molar-refractivity contribution in [1.29, 1.82) is 5.26 Å². The zero-order chi connectivity index (χ0) is 53.4. The maximum Gasteiger partial charge on any atom is 0.514 e. The van der Waals surface area contributed by atoms with E-state index < -0.39 is 23.8 Å². The van der Waals surface area contributed by atoms with Crippen LogP contribution in [0, 0.1) is 18.3 Å². The van der Waals surface area contributed by atoms with Crippen molar-refractivity contribution in [3.8, 4) is 29.1 Å². The number of benzene rings is 2. The van der Waals surface area contributed by atoms with Crippen LogP contribution in [0.1, 0.15) is 143 Å². The predicted molar refractivity (Wildman–Crippen MR) is 279 cm³/mol. The van der Waals surface area contributed by atoms with Crippen molar-refractivity contribution in [2.24, 2.45) is 0 Å². The van der Waals surface area contributed by atoms with Crippen molar-refractivity contribution in [2.75, 3.05) is 48.0 Å². The molecule has 0 radical (unpaired) electrons. The number of carboxylic acids is 1. The molecule has 3 N–H and O–H groups in total. The Hall–Kier alpha value is -5.08. The Labute approximate surface area is 423 Å². The summed E-state index contributed by atoms with van der Waals surface area (Å²) >= 11 is 1.79. The molecule has 6 unspecified atom stereocenters. The number of methoxy groups -OCH3 is 3. The molecular weight excluding hydrogens is 913 g/mol. The number of carbonyl (C=O) groups is 2. The van der Waals surface area contributed by atoms with E-state index in [1.807, 2.05) is 69.2 Å². The van der Waals surface area contributed by atoms with Crippen molar-refractivity contribution in [2.45, 2.75) is 170 Å². The summed E-state index contributed by atoms with van der Waals surface area (Å²) in [7, 11) is 6.72. The van der Waals surface area contributed by atoms with Crippen LogP contribution in [0.2, 0.25) is 0 Å². The van der Waals surface area contributed by atoms with Crippen molar-refractivity contribution in [3.63, 3.8) is 0 Å². The number of ether oxygens (including phenoxy) is 7. The molecule has 7 rings (SSSR count). The molecule has 70 heavy (non-hydrogen) atoms. The van der Waals surface area contributed by atoms with Crippen molar-refractivity contribution in [3.05, 3.63) is 81.0 Å². The number of hydrogen-bond donors (Lipinski definition) is 3. The van der Waals surface area contributed by atoms with E-state index in [0.29, 0.717) is 42.2 Å². The highest BCUT2D eigenvalue weighted by atomic mass is 32.2. The Bertz CT molecular complexity index is 2200. The van der Waals surface area contributed by atoms with E-state index in [1.54, 1.807) is 58.9 Å². The average Bonchev–Trinajstić information content (AvgIpc) is 3.81. The van der Waals surface area contributed by atoms with Crippen LogP contribution in [0.25, 0.3) is 0 Å². The van der Waals surface area contributed by atoms with Gasteiger partial charge >= 0.3 is 12.1 Å². The van der Waals surface area contributed by atoms with Gasteiger partial charge < -0.3 is 48.7 Å². The first-order valence-electron chi connectivity index (χ1n) is 24.7. The van der Waals surface area contributed by atoms with Crippen molar-refractivity contribution in [1.82, 2.24) is 15.1 Å². The molecule has 2 aromatic rings. The maximum absolute atomic E-state index is 11.8. The van der Waals surface area contributed by atoms with Gasteiger partial charge in [-0.05, 0) is 114 Å². The smallest absolute Gasteiger partial charge is 0.504 e. The standard InChI is InChI=1S/C30H39N3O5S.C16H21NO6.4C2H6/c1-15-11-19-12-22-23(13-31)33(21-10-9-20(21)30-29(37-14-38-30)16(2)17(3)35-6)25(18(4)39-8)26(32(22)5)24(19)27(34)28(15)36-7;1-16(2,3)23-15(20)22-12-7-9-5-6-17-13(14(18)19)10(9)8-11(12)21-4;4*1-2/h11,18,21-23,25-26,34H,3,9-10,12,14H2,1-2,4-8H3;7-8,13,17H,5-6H2,1-4H3,(H,18,19);4*1-2H3/b29-16+,30-20-;;;;;/t18?,21?,22?,23-,25?,26?;;;;;/m0...../s1. The average molecular weight is 997 g/mol. The second kappa shape index (κ2) is 28.1. The molecule has 5 aliphatic rings. The topological polar surface area (TPSA) is 182 Å². The number of carbonyl (C=O) groups excluding carboxylic acids is 1. The summed E-state index contributed by atoms with van der Waals surface area (Å²) in [4.78, 5) is 27.9. The lowest BCUT2D eigenvalue weighted by atomic mass is 9.72. The Kier molecular flexibility index (Phi) is 24.5. The first-order valence-corrected chi connectivity index (χ1v) is 26.0. The zero-order valence-electron chi connectivity index (χ0n) is 45.5. The molecule has 15 nitrogen and oxygen atoms in total.